The predicted molar refractivity (Wildman–Crippen MR) is 66.5 cm³/mol. The topological polar surface area (TPSA) is 17.1 Å². The molecule has 1 nitrogen and oxygen atoms in total. The van der Waals surface area contributed by atoms with Crippen LogP contribution in [0.1, 0.15) is 45.0 Å². The number of benzene rings is 2. The van der Waals surface area contributed by atoms with Crippen molar-refractivity contribution in [2.75, 3.05) is 0 Å². The first-order valence-electron chi connectivity index (χ1n) is 6.11. The summed E-state index contributed by atoms with van der Waals surface area (Å²) in [5.74, 6) is 0.658. The molecule has 0 radical (unpaired) electrons. The SMILES string of the molecule is O=C1c2ccccc2C2CCc3cccc1c32. The van der Waals surface area contributed by atoms with Crippen LogP contribution in [0, 0.1) is 0 Å². The molecule has 17 heavy (non-hydrogen) atoms. The maximum atomic E-state index is 12.4. The second-order valence-corrected chi connectivity index (χ2v) is 4.89. The lowest BCUT2D eigenvalue weighted by molar-refractivity contribution is 0.103. The largest absolute Gasteiger partial charge is 0.289 e. The van der Waals surface area contributed by atoms with Crippen molar-refractivity contribution in [3.63, 3.8) is 0 Å². The average Bonchev–Trinajstić information content (AvgIpc) is 2.81. The monoisotopic (exact) mass is 220 g/mol. The van der Waals surface area contributed by atoms with Gasteiger partial charge in [0.05, 0.1) is 0 Å². The molecule has 1 atom stereocenters. The highest BCUT2D eigenvalue weighted by atomic mass is 16.1. The summed E-state index contributed by atoms with van der Waals surface area (Å²) in [7, 11) is 0. The smallest absolute Gasteiger partial charge is 0.193 e. The summed E-state index contributed by atoms with van der Waals surface area (Å²) in [6, 6.07) is 14.2. The third kappa shape index (κ3) is 1.06. The molecule has 82 valence electrons. The predicted octanol–water partition coefficient (Wildman–Crippen LogP) is 3.31. The van der Waals surface area contributed by atoms with Crippen LogP contribution in [0.25, 0.3) is 0 Å². The summed E-state index contributed by atoms with van der Waals surface area (Å²) in [6.07, 6.45) is 2.26. The van der Waals surface area contributed by atoms with E-state index >= 15 is 0 Å². The third-order valence-electron chi connectivity index (χ3n) is 4.07. The number of aryl methyl sites for hydroxylation is 1. The van der Waals surface area contributed by atoms with Gasteiger partial charge in [0.15, 0.2) is 5.78 Å². The van der Waals surface area contributed by atoms with Crippen LogP contribution in [0.3, 0.4) is 0 Å². The van der Waals surface area contributed by atoms with E-state index in [1.54, 1.807) is 0 Å². The van der Waals surface area contributed by atoms with E-state index in [1.807, 2.05) is 30.3 Å². The maximum Gasteiger partial charge on any atom is 0.193 e. The molecule has 4 rings (SSSR count). The molecule has 0 bridgehead atoms. The molecular formula is C16H12O. The Labute approximate surface area is 100 Å². The first kappa shape index (κ1) is 9.17. The summed E-state index contributed by atoms with van der Waals surface area (Å²) >= 11 is 0. The number of rotatable bonds is 0. The standard InChI is InChI=1S/C16H12O/c17-16-13-6-2-1-5-11(13)12-9-8-10-4-3-7-14(16)15(10)12/h1-7,12H,8-9H2. The van der Waals surface area contributed by atoms with Gasteiger partial charge in [-0.2, -0.15) is 0 Å². The number of hydrogen-bond donors (Lipinski definition) is 0. The fourth-order valence-electron chi connectivity index (χ4n) is 3.35. The van der Waals surface area contributed by atoms with E-state index < -0.39 is 0 Å². The molecule has 1 unspecified atom stereocenters. The normalized spacial score (nSPS) is 20.0. The van der Waals surface area contributed by atoms with E-state index in [9.17, 15) is 4.79 Å². The molecule has 0 amide bonds. The minimum absolute atomic E-state index is 0.204. The molecule has 2 aliphatic carbocycles. The summed E-state index contributed by atoms with van der Waals surface area (Å²) in [5, 5.41) is 0. The highest BCUT2D eigenvalue weighted by molar-refractivity contribution is 6.13. The molecule has 2 aromatic rings. The van der Waals surface area contributed by atoms with Gasteiger partial charge >= 0.3 is 0 Å². The fourth-order valence-corrected chi connectivity index (χ4v) is 3.35. The number of ketones is 1. The molecule has 0 spiro atoms. The van der Waals surface area contributed by atoms with Gasteiger partial charge in [-0.15, -0.1) is 0 Å². The molecule has 0 saturated heterocycles. The van der Waals surface area contributed by atoms with Crippen molar-refractivity contribution in [2.45, 2.75) is 18.8 Å². The van der Waals surface area contributed by atoms with Crippen LogP contribution in [0.15, 0.2) is 42.5 Å². The second kappa shape index (κ2) is 3.07. The molecule has 1 heteroatoms. The quantitative estimate of drug-likeness (QED) is 0.665. The summed E-state index contributed by atoms with van der Waals surface area (Å²) < 4.78 is 0. The summed E-state index contributed by atoms with van der Waals surface area (Å²) in [6.45, 7) is 0. The number of hydrogen-bond acceptors (Lipinski definition) is 1. The zero-order valence-corrected chi connectivity index (χ0v) is 9.44. The lowest BCUT2D eigenvalue weighted by Crippen LogP contribution is -2.17. The van der Waals surface area contributed by atoms with E-state index in [1.165, 1.54) is 16.7 Å². The van der Waals surface area contributed by atoms with Crippen molar-refractivity contribution in [3.05, 3.63) is 70.3 Å². The van der Waals surface area contributed by atoms with Crippen LogP contribution < -0.4 is 0 Å². The van der Waals surface area contributed by atoms with Gasteiger partial charge in [-0.25, -0.2) is 0 Å². The summed E-state index contributed by atoms with van der Waals surface area (Å²) in [4.78, 5) is 12.4. The van der Waals surface area contributed by atoms with Crippen LogP contribution in [0.5, 0.6) is 0 Å². The Hall–Kier alpha value is -1.89. The molecule has 0 saturated carbocycles. The Morgan fingerprint density at radius 2 is 1.76 bits per heavy atom. The van der Waals surface area contributed by atoms with Gasteiger partial charge < -0.3 is 0 Å². The van der Waals surface area contributed by atoms with Gasteiger partial charge in [0.2, 0.25) is 0 Å². The average molecular weight is 220 g/mol. The number of carbonyl (C=O) groups excluding carboxylic acids is 1. The Morgan fingerprint density at radius 3 is 2.71 bits per heavy atom. The van der Waals surface area contributed by atoms with Crippen LogP contribution >= 0.6 is 0 Å². The van der Waals surface area contributed by atoms with Crippen molar-refractivity contribution < 1.29 is 4.79 Å². The summed E-state index contributed by atoms with van der Waals surface area (Å²) in [5.41, 5.74) is 5.74. The molecular weight excluding hydrogens is 208 g/mol. The molecule has 0 aromatic heterocycles. The Bertz CT molecular complexity index is 640. The second-order valence-electron chi connectivity index (χ2n) is 4.89. The fraction of sp³-hybridized carbons (Fsp3) is 0.188. The third-order valence-corrected chi connectivity index (χ3v) is 4.07. The van der Waals surface area contributed by atoms with Crippen LogP contribution in [0.2, 0.25) is 0 Å². The highest BCUT2D eigenvalue weighted by Crippen LogP contribution is 2.45. The lowest BCUT2D eigenvalue weighted by Gasteiger charge is -2.24. The van der Waals surface area contributed by atoms with Crippen LogP contribution in [-0.2, 0) is 6.42 Å². The molecule has 0 fully saturated rings. The van der Waals surface area contributed by atoms with Gasteiger partial charge in [-0.1, -0.05) is 42.5 Å². The highest BCUT2D eigenvalue weighted by Gasteiger charge is 2.35. The Morgan fingerprint density at radius 1 is 0.941 bits per heavy atom. The number of carbonyl (C=O) groups is 1. The Balaban J connectivity index is 2.09. The molecule has 2 aliphatic rings. The molecule has 0 aliphatic heterocycles. The van der Waals surface area contributed by atoms with Crippen molar-refractivity contribution in [3.8, 4) is 0 Å². The minimum atomic E-state index is 0.204. The van der Waals surface area contributed by atoms with E-state index in [4.69, 9.17) is 0 Å². The first-order valence-corrected chi connectivity index (χ1v) is 6.11. The Kier molecular flexibility index (Phi) is 1.66. The zero-order valence-electron chi connectivity index (χ0n) is 9.44. The van der Waals surface area contributed by atoms with Crippen molar-refractivity contribution in [1.82, 2.24) is 0 Å². The van der Waals surface area contributed by atoms with E-state index in [2.05, 4.69) is 12.1 Å². The molecule has 0 N–H and O–H groups in total. The minimum Gasteiger partial charge on any atom is -0.289 e. The van der Waals surface area contributed by atoms with Crippen LogP contribution in [-0.4, -0.2) is 5.78 Å². The van der Waals surface area contributed by atoms with E-state index in [0.717, 1.165) is 24.0 Å². The van der Waals surface area contributed by atoms with Gasteiger partial charge in [-0.3, -0.25) is 4.79 Å². The molecule has 0 heterocycles. The molecule has 2 aromatic carbocycles. The number of fused-ring (bicyclic) bond motifs is 2. The van der Waals surface area contributed by atoms with Gasteiger partial charge in [-0.05, 0) is 29.5 Å². The van der Waals surface area contributed by atoms with Crippen molar-refractivity contribution in [1.29, 1.82) is 0 Å². The zero-order chi connectivity index (χ0) is 11.4. The van der Waals surface area contributed by atoms with Gasteiger partial charge in [0.25, 0.3) is 0 Å². The van der Waals surface area contributed by atoms with Gasteiger partial charge in [0.1, 0.15) is 0 Å². The van der Waals surface area contributed by atoms with Crippen molar-refractivity contribution in [2.24, 2.45) is 0 Å². The van der Waals surface area contributed by atoms with E-state index in [-0.39, 0.29) is 5.78 Å². The van der Waals surface area contributed by atoms with Crippen molar-refractivity contribution >= 4 is 5.78 Å². The lowest BCUT2D eigenvalue weighted by atomic mass is 9.78. The van der Waals surface area contributed by atoms with E-state index in [0.29, 0.717) is 5.92 Å². The van der Waals surface area contributed by atoms with Crippen LogP contribution in [0.4, 0.5) is 0 Å². The van der Waals surface area contributed by atoms with Gasteiger partial charge in [0, 0.05) is 17.0 Å². The maximum absolute atomic E-state index is 12.4. The first-order chi connectivity index (χ1) is 8.36.